The number of thiophene rings is 1. The van der Waals surface area contributed by atoms with Crippen LogP contribution in [0.2, 0.25) is 0 Å². The molecule has 2 rings (SSSR count). The third kappa shape index (κ3) is 4.17. The van der Waals surface area contributed by atoms with Crippen molar-refractivity contribution in [2.24, 2.45) is 0 Å². The maximum Gasteiger partial charge on any atom is 0.0914 e. The van der Waals surface area contributed by atoms with Gasteiger partial charge in [-0.25, -0.2) is 0 Å². The van der Waals surface area contributed by atoms with E-state index < -0.39 is 6.10 Å². The average molecular weight is 289 g/mol. The SMILES string of the molecule is CC(C)(C)c1ccc(CNCC(O)c2ccccc2)s1. The molecule has 0 aliphatic heterocycles. The van der Waals surface area contributed by atoms with Gasteiger partial charge in [0.15, 0.2) is 0 Å². The predicted molar refractivity (Wildman–Crippen MR) is 86.1 cm³/mol. The van der Waals surface area contributed by atoms with E-state index in [4.69, 9.17) is 0 Å². The molecule has 1 aromatic carbocycles. The molecule has 0 saturated heterocycles. The van der Waals surface area contributed by atoms with Crippen molar-refractivity contribution >= 4 is 11.3 Å². The predicted octanol–water partition coefficient (Wildman–Crippen LogP) is 3.87. The Balaban J connectivity index is 1.83. The van der Waals surface area contributed by atoms with Crippen molar-refractivity contribution < 1.29 is 5.11 Å². The highest BCUT2D eigenvalue weighted by Gasteiger charge is 2.16. The molecule has 0 aliphatic carbocycles. The maximum atomic E-state index is 10.1. The molecule has 1 heterocycles. The standard InChI is InChI=1S/C17H23NOS/c1-17(2,3)16-10-9-14(20-16)11-18-12-15(19)13-7-5-4-6-8-13/h4-10,15,18-19H,11-12H2,1-3H3. The van der Waals surface area contributed by atoms with Crippen molar-refractivity contribution in [3.05, 3.63) is 57.8 Å². The largest absolute Gasteiger partial charge is 0.387 e. The first-order chi connectivity index (χ1) is 9.47. The van der Waals surface area contributed by atoms with E-state index in [1.54, 1.807) is 0 Å². The van der Waals surface area contributed by atoms with Gasteiger partial charge in [-0.05, 0) is 23.1 Å². The molecular formula is C17H23NOS. The van der Waals surface area contributed by atoms with E-state index in [2.05, 4.69) is 38.2 Å². The Bertz CT molecular complexity index is 527. The van der Waals surface area contributed by atoms with E-state index >= 15 is 0 Å². The third-order valence-corrected chi connectivity index (χ3v) is 4.73. The summed E-state index contributed by atoms with van der Waals surface area (Å²) in [5, 5.41) is 13.4. The fourth-order valence-electron chi connectivity index (χ4n) is 2.00. The number of benzene rings is 1. The van der Waals surface area contributed by atoms with Gasteiger partial charge in [0.2, 0.25) is 0 Å². The Morgan fingerprint density at radius 3 is 2.40 bits per heavy atom. The van der Waals surface area contributed by atoms with E-state index in [1.807, 2.05) is 41.7 Å². The Hall–Kier alpha value is -1.16. The summed E-state index contributed by atoms with van der Waals surface area (Å²) in [5.74, 6) is 0. The highest BCUT2D eigenvalue weighted by Crippen LogP contribution is 2.29. The van der Waals surface area contributed by atoms with Gasteiger partial charge in [-0.15, -0.1) is 11.3 Å². The summed E-state index contributed by atoms with van der Waals surface area (Å²) in [5.41, 5.74) is 1.17. The summed E-state index contributed by atoms with van der Waals surface area (Å²) >= 11 is 1.84. The zero-order valence-electron chi connectivity index (χ0n) is 12.4. The van der Waals surface area contributed by atoms with Gasteiger partial charge in [-0.3, -0.25) is 0 Å². The molecule has 0 fully saturated rings. The molecule has 0 spiro atoms. The van der Waals surface area contributed by atoms with Crippen LogP contribution >= 0.6 is 11.3 Å². The summed E-state index contributed by atoms with van der Waals surface area (Å²) in [6.07, 6.45) is -0.446. The van der Waals surface area contributed by atoms with Crippen LogP contribution in [0.5, 0.6) is 0 Å². The quantitative estimate of drug-likeness (QED) is 0.876. The monoisotopic (exact) mass is 289 g/mol. The van der Waals surface area contributed by atoms with Gasteiger partial charge in [0.1, 0.15) is 0 Å². The molecule has 1 unspecified atom stereocenters. The Morgan fingerprint density at radius 2 is 1.80 bits per heavy atom. The summed E-state index contributed by atoms with van der Waals surface area (Å²) < 4.78 is 0. The molecular weight excluding hydrogens is 266 g/mol. The Morgan fingerprint density at radius 1 is 1.10 bits per heavy atom. The summed E-state index contributed by atoms with van der Waals surface area (Å²) in [7, 11) is 0. The molecule has 1 atom stereocenters. The van der Waals surface area contributed by atoms with Crippen LogP contribution in [0.4, 0.5) is 0 Å². The lowest BCUT2D eigenvalue weighted by atomic mass is 9.95. The van der Waals surface area contributed by atoms with E-state index in [-0.39, 0.29) is 5.41 Å². The van der Waals surface area contributed by atoms with Crippen LogP contribution in [0.15, 0.2) is 42.5 Å². The first-order valence-corrected chi connectivity index (χ1v) is 7.81. The number of hydrogen-bond acceptors (Lipinski definition) is 3. The molecule has 0 amide bonds. The topological polar surface area (TPSA) is 32.3 Å². The van der Waals surface area contributed by atoms with Gasteiger partial charge >= 0.3 is 0 Å². The smallest absolute Gasteiger partial charge is 0.0914 e. The van der Waals surface area contributed by atoms with Crippen molar-refractivity contribution in [1.29, 1.82) is 0 Å². The molecule has 20 heavy (non-hydrogen) atoms. The van der Waals surface area contributed by atoms with E-state index in [0.717, 1.165) is 12.1 Å². The van der Waals surface area contributed by atoms with Crippen LogP contribution in [0.25, 0.3) is 0 Å². The molecule has 2 aromatic rings. The summed E-state index contributed by atoms with van der Waals surface area (Å²) in [6.45, 7) is 8.08. The van der Waals surface area contributed by atoms with Crippen LogP contribution in [0.3, 0.4) is 0 Å². The second kappa shape index (κ2) is 6.53. The van der Waals surface area contributed by atoms with Crippen molar-refractivity contribution in [3.63, 3.8) is 0 Å². The fraction of sp³-hybridized carbons (Fsp3) is 0.412. The summed E-state index contributed by atoms with van der Waals surface area (Å²) in [6, 6.07) is 14.1. The Labute approximate surface area is 125 Å². The number of aliphatic hydroxyl groups excluding tert-OH is 1. The second-order valence-electron chi connectivity index (χ2n) is 6.07. The molecule has 2 nitrogen and oxygen atoms in total. The molecule has 2 N–H and O–H groups in total. The van der Waals surface area contributed by atoms with Crippen LogP contribution in [0.1, 0.15) is 42.2 Å². The van der Waals surface area contributed by atoms with Crippen LogP contribution in [-0.4, -0.2) is 11.7 Å². The normalized spacial score (nSPS) is 13.4. The average Bonchev–Trinajstić information content (AvgIpc) is 2.88. The van der Waals surface area contributed by atoms with Crippen LogP contribution < -0.4 is 5.32 Å². The lowest BCUT2D eigenvalue weighted by molar-refractivity contribution is 0.174. The first kappa shape index (κ1) is 15.2. The van der Waals surface area contributed by atoms with E-state index in [9.17, 15) is 5.11 Å². The lowest BCUT2D eigenvalue weighted by Gasteiger charge is -2.15. The molecule has 1 aromatic heterocycles. The minimum atomic E-state index is -0.446. The second-order valence-corrected chi connectivity index (χ2v) is 7.24. The fourth-order valence-corrected chi connectivity index (χ4v) is 3.04. The highest BCUT2D eigenvalue weighted by molar-refractivity contribution is 7.12. The van der Waals surface area contributed by atoms with Crippen molar-refractivity contribution in [1.82, 2.24) is 5.32 Å². The minimum absolute atomic E-state index is 0.215. The maximum absolute atomic E-state index is 10.1. The zero-order chi connectivity index (χ0) is 14.6. The van der Waals surface area contributed by atoms with Gasteiger partial charge in [0.05, 0.1) is 6.10 Å². The van der Waals surface area contributed by atoms with Crippen LogP contribution in [0, 0.1) is 0 Å². The molecule has 0 bridgehead atoms. The molecule has 0 radical (unpaired) electrons. The molecule has 108 valence electrons. The van der Waals surface area contributed by atoms with Crippen molar-refractivity contribution in [3.8, 4) is 0 Å². The number of aliphatic hydroxyl groups is 1. The number of rotatable bonds is 5. The van der Waals surface area contributed by atoms with Gasteiger partial charge < -0.3 is 10.4 Å². The van der Waals surface area contributed by atoms with E-state index in [0.29, 0.717) is 6.54 Å². The van der Waals surface area contributed by atoms with E-state index in [1.165, 1.54) is 9.75 Å². The minimum Gasteiger partial charge on any atom is -0.387 e. The first-order valence-electron chi connectivity index (χ1n) is 7.00. The van der Waals surface area contributed by atoms with Gasteiger partial charge in [0, 0.05) is 22.8 Å². The van der Waals surface area contributed by atoms with Crippen molar-refractivity contribution in [2.45, 2.75) is 38.8 Å². The summed E-state index contributed by atoms with van der Waals surface area (Å²) in [4.78, 5) is 2.72. The zero-order valence-corrected chi connectivity index (χ0v) is 13.2. The lowest BCUT2D eigenvalue weighted by Crippen LogP contribution is -2.20. The van der Waals surface area contributed by atoms with Crippen molar-refractivity contribution in [2.75, 3.05) is 6.54 Å². The molecule has 0 saturated carbocycles. The molecule has 0 aliphatic rings. The highest BCUT2D eigenvalue weighted by atomic mass is 32.1. The van der Waals surface area contributed by atoms with Crippen LogP contribution in [-0.2, 0) is 12.0 Å². The van der Waals surface area contributed by atoms with Gasteiger partial charge in [-0.1, -0.05) is 51.1 Å². The number of hydrogen-bond donors (Lipinski definition) is 2. The third-order valence-electron chi connectivity index (χ3n) is 3.22. The van der Waals surface area contributed by atoms with Gasteiger partial charge in [-0.2, -0.15) is 0 Å². The Kier molecular flexibility index (Phi) is 4.97. The number of nitrogens with one attached hydrogen (secondary N) is 1. The van der Waals surface area contributed by atoms with Gasteiger partial charge in [0.25, 0.3) is 0 Å². The molecule has 3 heteroatoms.